The third kappa shape index (κ3) is 4.66. The van der Waals surface area contributed by atoms with Crippen LogP contribution >= 0.6 is 11.3 Å². The first-order valence-electron chi connectivity index (χ1n) is 8.83. The molecule has 2 aromatic rings. The fraction of sp³-hybridized carbons (Fsp3) is 0.444. The minimum absolute atomic E-state index is 0.0540. The van der Waals surface area contributed by atoms with Crippen molar-refractivity contribution in [2.24, 2.45) is 0 Å². The van der Waals surface area contributed by atoms with Crippen LogP contribution in [0.25, 0.3) is 0 Å². The van der Waals surface area contributed by atoms with Crippen LogP contribution in [-0.2, 0) is 14.8 Å². The normalized spacial score (nSPS) is 18.3. The first kappa shape index (κ1) is 19.8. The van der Waals surface area contributed by atoms with E-state index in [2.05, 4.69) is 41.6 Å². The summed E-state index contributed by atoms with van der Waals surface area (Å²) in [6.45, 7) is 6.39. The minimum Gasteiger partial charge on any atom is -0.381 e. The smallest absolute Gasteiger partial charge is 0.254 e. The third-order valence-corrected chi connectivity index (χ3v) is 7.84. The molecule has 1 aromatic heterocycles. The van der Waals surface area contributed by atoms with Crippen LogP contribution in [0, 0.1) is 13.8 Å². The Labute approximate surface area is 163 Å². The lowest BCUT2D eigenvalue weighted by atomic mass is 10.1. The van der Waals surface area contributed by atoms with Gasteiger partial charge in [-0.15, -0.1) is 0 Å². The molecule has 2 heterocycles. The number of nitrogens with zero attached hydrogens (tertiary/aromatic N) is 2. The molecule has 2 N–H and O–H groups in total. The summed E-state index contributed by atoms with van der Waals surface area (Å²) >= 11 is 0.977. The van der Waals surface area contributed by atoms with Crippen LogP contribution in [-0.4, -0.2) is 42.7 Å². The predicted molar refractivity (Wildman–Crippen MR) is 108 cm³/mol. The zero-order chi connectivity index (χ0) is 19.6. The first-order chi connectivity index (χ1) is 12.8. The highest BCUT2D eigenvalue weighted by Crippen LogP contribution is 2.28. The van der Waals surface area contributed by atoms with Crippen molar-refractivity contribution in [2.45, 2.75) is 43.9 Å². The molecular weight excluding hydrogens is 384 g/mol. The Morgan fingerprint density at radius 3 is 2.78 bits per heavy atom. The highest BCUT2D eigenvalue weighted by Gasteiger charge is 2.32. The lowest BCUT2D eigenvalue weighted by Gasteiger charge is -2.32. The lowest BCUT2D eigenvalue weighted by Crippen LogP contribution is -2.44. The average molecular weight is 409 g/mol. The van der Waals surface area contributed by atoms with Crippen molar-refractivity contribution < 1.29 is 13.2 Å². The lowest BCUT2D eigenvalue weighted by molar-refractivity contribution is -0.114. The molecule has 1 amide bonds. The Balaban J connectivity index is 1.71. The van der Waals surface area contributed by atoms with Gasteiger partial charge in [-0.2, -0.15) is 4.31 Å². The van der Waals surface area contributed by atoms with E-state index in [0.29, 0.717) is 18.2 Å². The summed E-state index contributed by atoms with van der Waals surface area (Å²) in [4.78, 5) is 15.1. The first-order valence-corrected chi connectivity index (χ1v) is 11.1. The van der Waals surface area contributed by atoms with Crippen molar-refractivity contribution in [3.63, 3.8) is 0 Å². The van der Waals surface area contributed by atoms with Gasteiger partial charge in [0.05, 0.1) is 6.20 Å². The average Bonchev–Trinajstić information content (AvgIpc) is 3.07. The Bertz CT molecular complexity index is 940. The molecule has 1 atom stereocenters. The van der Waals surface area contributed by atoms with E-state index in [1.807, 2.05) is 6.07 Å². The molecule has 7 nitrogen and oxygen atoms in total. The summed E-state index contributed by atoms with van der Waals surface area (Å²) in [6.07, 6.45) is 3.02. The molecule has 0 unspecified atom stereocenters. The van der Waals surface area contributed by atoms with E-state index in [9.17, 15) is 13.2 Å². The summed E-state index contributed by atoms with van der Waals surface area (Å²) < 4.78 is 27.5. The SMILES string of the molecule is CC(=O)Nc1ncc(S(=O)(=O)N2CCC[C@H](Nc3ccc(C)c(C)c3)C2)s1. The van der Waals surface area contributed by atoms with Gasteiger partial charge in [-0.3, -0.25) is 4.79 Å². The van der Waals surface area contributed by atoms with Crippen LogP contribution in [0.4, 0.5) is 10.8 Å². The topological polar surface area (TPSA) is 91.4 Å². The zero-order valence-electron chi connectivity index (χ0n) is 15.7. The minimum atomic E-state index is -3.62. The van der Waals surface area contributed by atoms with Gasteiger partial charge in [0.15, 0.2) is 9.34 Å². The van der Waals surface area contributed by atoms with E-state index in [1.165, 1.54) is 28.6 Å². The van der Waals surface area contributed by atoms with Gasteiger partial charge < -0.3 is 10.6 Å². The number of thiazole rings is 1. The predicted octanol–water partition coefficient (Wildman–Crippen LogP) is 2.98. The number of carbonyl (C=O) groups is 1. The van der Waals surface area contributed by atoms with Gasteiger partial charge in [0.2, 0.25) is 5.91 Å². The third-order valence-electron chi connectivity index (χ3n) is 4.62. The van der Waals surface area contributed by atoms with Crippen LogP contribution in [0.2, 0.25) is 0 Å². The van der Waals surface area contributed by atoms with Crippen LogP contribution in [0.3, 0.4) is 0 Å². The van der Waals surface area contributed by atoms with Crippen molar-refractivity contribution in [2.75, 3.05) is 23.7 Å². The maximum absolute atomic E-state index is 12.9. The summed E-state index contributed by atoms with van der Waals surface area (Å²) in [7, 11) is -3.62. The summed E-state index contributed by atoms with van der Waals surface area (Å²) in [5.41, 5.74) is 3.44. The van der Waals surface area contributed by atoms with E-state index in [1.54, 1.807) is 0 Å². The number of amides is 1. The van der Waals surface area contributed by atoms with Gasteiger partial charge in [-0.25, -0.2) is 13.4 Å². The van der Waals surface area contributed by atoms with Crippen molar-refractivity contribution in [3.8, 4) is 0 Å². The quantitative estimate of drug-likeness (QED) is 0.794. The van der Waals surface area contributed by atoms with Gasteiger partial charge in [-0.05, 0) is 49.9 Å². The molecule has 1 saturated heterocycles. The largest absolute Gasteiger partial charge is 0.381 e. The molecule has 27 heavy (non-hydrogen) atoms. The highest BCUT2D eigenvalue weighted by atomic mass is 32.2. The summed E-state index contributed by atoms with van der Waals surface area (Å²) in [5.74, 6) is -0.274. The van der Waals surface area contributed by atoms with Gasteiger partial charge >= 0.3 is 0 Å². The maximum atomic E-state index is 12.9. The van der Waals surface area contributed by atoms with Crippen molar-refractivity contribution in [3.05, 3.63) is 35.5 Å². The maximum Gasteiger partial charge on any atom is 0.254 e. The fourth-order valence-electron chi connectivity index (χ4n) is 3.06. The standard InChI is InChI=1S/C18H24N4O3S2/c1-12-6-7-15(9-13(12)2)21-16-5-4-8-22(11-16)27(24,25)17-10-19-18(26-17)20-14(3)23/h6-7,9-10,16,21H,4-5,8,11H2,1-3H3,(H,19,20,23)/t16-/m0/s1. The number of carbonyl (C=O) groups excluding carboxylic acids is 1. The molecular formula is C18H24N4O3S2. The van der Waals surface area contributed by atoms with E-state index >= 15 is 0 Å². The molecule has 0 bridgehead atoms. The molecule has 0 spiro atoms. The number of benzene rings is 1. The second-order valence-corrected chi connectivity index (χ2v) is 10.0. The Hall–Kier alpha value is -1.97. The van der Waals surface area contributed by atoms with E-state index in [-0.39, 0.29) is 16.2 Å². The Morgan fingerprint density at radius 2 is 2.07 bits per heavy atom. The number of aryl methyl sites for hydroxylation is 2. The summed E-state index contributed by atoms with van der Waals surface area (Å²) in [6, 6.07) is 6.23. The van der Waals surface area contributed by atoms with Crippen LogP contribution in [0.1, 0.15) is 30.9 Å². The second kappa shape index (κ2) is 7.95. The monoisotopic (exact) mass is 408 g/mol. The number of nitrogens with one attached hydrogen (secondary N) is 2. The molecule has 0 saturated carbocycles. The molecule has 1 aliphatic rings. The molecule has 3 rings (SSSR count). The van der Waals surface area contributed by atoms with E-state index in [4.69, 9.17) is 0 Å². The molecule has 9 heteroatoms. The van der Waals surface area contributed by atoms with Crippen LogP contribution < -0.4 is 10.6 Å². The Morgan fingerprint density at radius 1 is 1.30 bits per heavy atom. The molecule has 0 radical (unpaired) electrons. The van der Waals surface area contributed by atoms with Gasteiger partial charge in [-0.1, -0.05) is 17.4 Å². The molecule has 1 aliphatic heterocycles. The molecule has 1 aromatic carbocycles. The highest BCUT2D eigenvalue weighted by molar-refractivity contribution is 7.91. The van der Waals surface area contributed by atoms with Crippen molar-refractivity contribution in [1.29, 1.82) is 0 Å². The summed E-state index contributed by atoms with van der Waals surface area (Å²) in [5, 5.41) is 6.28. The van der Waals surface area contributed by atoms with Gasteiger partial charge in [0.25, 0.3) is 10.0 Å². The number of rotatable bonds is 5. The van der Waals surface area contributed by atoms with Gasteiger partial charge in [0, 0.05) is 31.7 Å². The fourth-order valence-corrected chi connectivity index (χ4v) is 5.82. The van der Waals surface area contributed by atoms with E-state index in [0.717, 1.165) is 29.9 Å². The van der Waals surface area contributed by atoms with Gasteiger partial charge in [0.1, 0.15) is 0 Å². The second-order valence-electron chi connectivity index (χ2n) is 6.81. The van der Waals surface area contributed by atoms with E-state index < -0.39 is 10.0 Å². The Kier molecular flexibility index (Phi) is 5.83. The van der Waals surface area contributed by atoms with Crippen LogP contribution in [0.15, 0.2) is 28.6 Å². The number of hydrogen-bond donors (Lipinski definition) is 2. The van der Waals surface area contributed by atoms with Crippen molar-refractivity contribution >= 4 is 38.1 Å². The van der Waals surface area contributed by atoms with Crippen molar-refractivity contribution in [1.82, 2.24) is 9.29 Å². The number of aromatic nitrogens is 1. The molecule has 146 valence electrons. The number of hydrogen-bond acceptors (Lipinski definition) is 6. The van der Waals surface area contributed by atoms with Crippen LogP contribution in [0.5, 0.6) is 0 Å². The number of sulfonamides is 1. The molecule has 1 fully saturated rings. The number of piperidine rings is 1. The molecule has 0 aliphatic carbocycles. The number of anilines is 2. The zero-order valence-corrected chi connectivity index (χ0v) is 17.3.